The molecule has 0 bridgehead atoms. The highest BCUT2D eigenvalue weighted by molar-refractivity contribution is 7.85. The minimum absolute atomic E-state index is 0.0710. The molecule has 3 N–H and O–H groups in total. The van der Waals surface area contributed by atoms with Crippen LogP contribution >= 0.6 is 11.3 Å². The number of likely N-dealkylation sites (N-methyl/N-ethyl adjacent to an activating group) is 1. The summed E-state index contributed by atoms with van der Waals surface area (Å²) < 4.78 is 32.3. The normalized spacial score (nSPS) is 11.8. The van der Waals surface area contributed by atoms with Gasteiger partial charge >= 0.3 is 0 Å². The summed E-state index contributed by atoms with van der Waals surface area (Å²) >= 11 is 1.52. The van der Waals surface area contributed by atoms with Gasteiger partial charge in [-0.3, -0.25) is 9.45 Å². The highest BCUT2D eigenvalue weighted by Crippen LogP contribution is 2.22. The second kappa shape index (κ2) is 11.6. The van der Waals surface area contributed by atoms with E-state index < -0.39 is 10.1 Å². The Balaban J connectivity index is 0.000000297. The van der Waals surface area contributed by atoms with E-state index in [0.717, 1.165) is 35.5 Å². The van der Waals surface area contributed by atoms with E-state index >= 15 is 0 Å². The van der Waals surface area contributed by atoms with Gasteiger partial charge in [0.2, 0.25) is 0 Å². The number of para-hydroxylation sites is 1. The number of nitrogens with zero attached hydrogens (tertiary/aromatic N) is 3. The predicted molar refractivity (Wildman–Crippen MR) is 135 cm³/mol. The first-order valence-electron chi connectivity index (χ1n) is 10.7. The van der Waals surface area contributed by atoms with E-state index in [4.69, 9.17) is 10.3 Å². The van der Waals surface area contributed by atoms with Crippen LogP contribution in [-0.4, -0.2) is 54.6 Å². The zero-order valence-corrected chi connectivity index (χ0v) is 21.0. The van der Waals surface area contributed by atoms with E-state index in [1.807, 2.05) is 24.3 Å². The fourth-order valence-corrected chi connectivity index (χ4v) is 4.75. The lowest BCUT2D eigenvalue weighted by Gasteiger charge is -2.33. The van der Waals surface area contributed by atoms with E-state index in [1.54, 1.807) is 12.1 Å². The lowest BCUT2D eigenvalue weighted by molar-refractivity contribution is 0.179. The van der Waals surface area contributed by atoms with Crippen LogP contribution in [0.25, 0.3) is 10.2 Å². The minimum atomic E-state index is -4.13. The van der Waals surface area contributed by atoms with Crippen LogP contribution in [0.1, 0.15) is 34.6 Å². The molecule has 3 aromatic rings. The molecule has 32 heavy (non-hydrogen) atoms. The van der Waals surface area contributed by atoms with Crippen LogP contribution in [0.3, 0.4) is 0 Å². The van der Waals surface area contributed by atoms with Crippen LogP contribution in [0.4, 0.5) is 10.8 Å². The van der Waals surface area contributed by atoms with Crippen molar-refractivity contribution in [3.05, 3.63) is 48.5 Å². The van der Waals surface area contributed by atoms with Crippen LogP contribution < -0.4 is 10.6 Å². The molecule has 0 amide bonds. The molecule has 0 saturated carbocycles. The third-order valence-electron chi connectivity index (χ3n) is 5.15. The second-order valence-electron chi connectivity index (χ2n) is 7.99. The van der Waals surface area contributed by atoms with Gasteiger partial charge in [0.25, 0.3) is 10.1 Å². The molecule has 0 atom stereocenters. The summed E-state index contributed by atoms with van der Waals surface area (Å²) in [6.45, 7) is 13.5. The summed E-state index contributed by atoms with van der Waals surface area (Å²) in [5.74, 6) is 0. The average molecular weight is 479 g/mol. The molecule has 0 aliphatic rings. The Morgan fingerprint density at radius 2 is 1.59 bits per heavy atom. The number of benzene rings is 2. The Labute approximate surface area is 195 Å². The maximum Gasteiger partial charge on any atom is 0.294 e. The molecule has 0 radical (unpaired) electrons. The van der Waals surface area contributed by atoms with Gasteiger partial charge in [0.05, 0.1) is 15.1 Å². The van der Waals surface area contributed by atoms with Crippen molar-refractivity contribution in [1.29, 1.82) is 0 Å². The molecule has 1 heterocycles. The predicted octanol–water partition coefficient (Wildman–Crippen LogP) is 4.76. The van der Waals surface area contributed by atoms with Crippen LogP contribution in [0.15, 0.2) is 53.4 Å². The molecule has 2 aromatic carbocycles. The number of rotatable bonds is 8. The third kappa shape index (κ3) is 7.44. The van der Waals surface area contributed by atoms with Gasteiger partial charge < -0.3 is 10.6 Å². The molecular formula is C23H34N4O3S2. The van der Waals surface area contributed by atoms with Crippen molar-refractivity contribution in [2.24, 2.45) is 0 Å². The van der Waals surface area contributed by atoms with Crippen LogP contribution in [0.2, 0.25) is 0 Å². The number of fused-ring (bicyclic) bond motifs is 1. The van der Waals surface area contributed by atoms with Crippen molar-refractivity contribution in [3.63, 3.8) is 0 Å². The highest BCUT2D eigenvalue weighted by atomic mass is 32.2. The van der Waals surface area contributed by atoms with Crippen LogP contribution in [-0.2, 0) is 10.1 Å². The molecule has 0 spiro atoms. The fraction of sp³-hybridized carbons (Fsp3) is 0.435. The molecular weight excluding hydrogens is 444 g/mol. The third-order valence-corrected chi connectivity index (χ3v) is 6.88. The maximum atomic E-state index is 11.1. The molecule has 176 valence electrons. The lowest BCUT2D eigenvalue weighted by atomic mass is 10.2. The second-order valence-corrected chi connectivity index (χ2v) is 10.5. The first kappa shape index (κ1) is 26.1. The van der Waals surface area contributed by atoms with Crippen molar-refractivity contribution in [2.75, 3.05) is 30.3 Å². The lowest BCUT2D eigenvalue weighted by Crippen LogP contribution is -2.42. The largest absolute Gasteiger partial charge is 0.375 e. The molecule has 0 aliphatic heterocycles. The standard InChI is InChI=1S/C16H28N2O3S.C7H6N2S/c1-6-17(11-12-18(13(2)3)14(4)5)15-7-9-16(10-8-15)22(19,20)21;8-7-9-5-3-1-2-4-6(5)10-7/h7-10,13-14H,6,11-12H2,1-5H3,(H,19,20,21);1-4H,(H2,8,9). The van der Waals surface area contributed by atoms with Gasteiger partial charge in [-0.1, -0.05) is 23.5 Å². The SMILES string of the molecule is CCN(CCN(C(C)C)C(C)C)c1ccc(S(=O)(=O)O)cc1.Nc1nc2ccccc2s1. The van der Waals surface area contributed by atoms with Gasteiger partial charge in [-0.15, -0.1) is 0 Å². The maximum absolute atomic E-state index is 11.1. The summed E-state index contributed by atoms with van der Waals surface area (Å²) in [6.07, 6.45) is 0. The van der Waals surface area contributed by atoms with Gasteiger partial charge in [-0.05, 0) is 71.0 Å². The van der Waals surface area contributed by atoms with E-state index in [2.05, 4.69) is 49.4 Å². The Kier molecular flexibility index (Phi) is 9.45. The average Bonchev–Trinajstić information content (AvgIpc) is 3.10. The van der Waals surface area contributed by atoms with Gasteiger partial charge in [0, 0.05) is 37.4 Å². The Hall–Kier alpha value is -2.20. The van der Waals surface area contributed by atoms with Gasteiger partial charge in [0.1, 0.15) is 0 Å². The first-order valence-corrected chi connectivity index (χ1v) is 13.0. The van der Waals surface area contributed by atoms with Crippen molar-refractivity contribution in [2.45, 2.75) is 51.6 Å². The van der Waals surface area contributed by atoms with Crippen LogP contribution in [0.5, 0.6) is 0 Å². The molecule has 1 aromatic heterocycles. The van der Waals surface area contributed by atoms with E-state index in [1.165, 1.54) is 23.5 Å². The van der Waals surface area contributed by atoms with Crippen molar-refractivity contribution < 1.29 is 13.0 Å². The molecule has 0 saturated heterocycles. The molecule has 9 heteroatoms. The smallest absolute Gasteiger partial charge is 0.294 e. The monoisotopic (exact) mass is 478 g/mol. The molecule has 0 unspecified atom stereocenters. The summed E-state index contributed by atoms with van der Waals surface area (Å²) in [4.78, 5) is 8.66. The summed E-state index contributed by atoms with van der Waals surface area (Å²) in [5, 5.41) is 0.640. The number of nitrogen functional groups attached to an aromatic ring is 1. The quantitative estimate of drug-likeness (QED) is 0.450. The summed E-state index contributed by atoms with van der Waals surface area (Å²) in [5.41, 5.74) is 7.45. The van der Waals surface area contributed by atoms with Crippen molar-refractivity contribution in [3.8, 4) is 0 Å². The topological polar surface area (TPSA) is 99.8 Å². The number of aromatic nitrogens is 1. The molecule has 3 rings (SSSR count). The zero-order chi connectivity index (χ0) is 23.9. The molecule has 0 fully saturated rings. The highest BCUT2D eigenvalue weighted by Gasteiger charge is 2.15. The summed E-state index contributed by atoms with van der Waals surface area (Å²) in [6, 6.07) is 15.3. The van der Waals surface area contributed by atoms with Gasteiger partial charge in [0.15, 0.2) is 5.13 Å². The number of hydrogen-bond acceptors (Lipinski definition) is 7. The fourth-order valence-electron chi connectivity index (χ4n) is 3.54. The van der Waals surface area contributed by atoms with E-state index in [-0.39, 0.29) is 4.90 Å². The number of anilines is 2. The number of nitrogens with two attached hydrogens (primary N) is 1. The Morgan fingerprint density at radius 1 is 1.00 bits per heavy atom. The van der Waals surface area contributed by atoms with Gasteiger partial charge in [-0.2, -0.15) is 8.42 Å². The van der Waals surface area contributed by atoms with Gasteiger partial charge in [-0.25, -0.2) is 4.98 Å². The Bertz CT molecular complexity index is 1040. The number of hydrogen-bond donors (Lipinski definition) is 2. The first-order chi connectivity index (χ1) is 15.0. The van der Waals surface area contributed by atoms with Crippen LogP contribution in [0, 0.1) is 0 Å². The Morgan fingerprint density at radius 3 is 2.09 bits per heavy atom. The van der Waals surface area contributed by atoms with Crippen molar-refractivity contribution >= 4 is 42.5 Å². The van der Waals surface area contributed by atoms with E-state index in [9.17, 15) is 8.42 Å². The minimum Gasteiger partial charge on any atom is -0.375 e. The molecule has 0 aliphatic carbocycles. The van der Waals surface area contributed by atoms with E-state index in [0.29, 0.717) is 17.2 Å². The molecule has 7 nitrogen and oxygen atoms in total. The summed E-state index contributed by atoms with van der Waals surface area (Å²) in [7, 11) is -4.13. The zero-order valence-electron chi connectivity index (χ0n) is 19.4. The van der Waals surface area contributed by atoms with Crippen molar-refractivity contribution in [1.82, 2.24) is 9.88 Å². The number of thiazole rings is 1.